The molecule has 152 valence electrons. The normalized spacial score (nSPS) is 16.7. The van der Waals surface area contributed by atoms with Crippen molar-refractivity contribution in [3.8, 4) is 0 Å². The van der Waals surface area contributed by atoms with Gasteiger partial charge in [0.2, 0.25) is 0 Å². The SMILES string of the molecule is CCOC(=O)/C=C\c1ccc(NC(=O)N[C@H]2CCN(Cc3ccccc3)C2)cc1. The molecule has 1 atom stereocenters. The van der Waals surface area contributed by atoms with E-state index < -0.39 is 0 Å². The maximum atomic E-state index is 12.3. The summed E-state index contributed by atoms with van der Waals surface area (Å²) in [5.41, 5.74) is 2.85. The standard InChI is InChI=1S/C23H27N3O3/c1-2-29-22(27)13-10-18-8-11-20(12-9-18)24-23(28)25-21-14-15-26(17-21)16-19-6-4-3-5-7-19/h3-13,21H,2,14-17H2,1H3,(H2,24,25,28)/b13-10-/t21-/m0/s1. The van der Waals surface area contributed by atoms with Gasteiger partial charge in [0, 0.05) is 37.4 Å². The fraction of sp³-hybridized carbons (Fsp3) is 0.304. The molecule has 0 unspecified atom stereocenters. The van der Waals surface area contributed by atoms with Crippen LogP contribution in [-0.4, -0.2) is 42.6 Å². The second-order valence-corrected chi connectivity index (χ2v) is 7.01. The molecule has 1 fully saturated rings. The van der Waals surface area contributed by atoms with E-state index in [1.165, 1.54) is 11.6 Å². The van der Waals surface area contributed by atoms with Crippen LogP contribution in [0.2, 0.25) is 0 Å². The van der Waals surface area contributed by atoms with E-state index in [1.54, 1.807) is 25.1 Å². The zero-order valence-corrected chi connectivity index (χ0v) is 16.6. The van der Waals surface area contributed by atoms with E-state index in [1.807, 2.05) is 30.3 Å². The fourth-order valence-corrected chi connectivity index (χ4v) is 3.32. The highest BCUT2D eigenvalue weighted by Crippen LogP contribution is 2.14. The molecule has 2 amide bonds. The van der Waals surface area contributed by atoms with Crippen LogP contribution in [-0.2, 0) is 16.1 Å². The van der Waals surface area contributed by atoms with Crippen LogP contribution in [0.5, 0.6) is 0 Å². The Morgan fingerprint density at radius 3 is 2.62 bits per heavy atom. The summed E-state index contributed by atoms with van der Waals surface area (Å²) >= 11 is 0. The van der Waals surface area contributed by atoms with Crippen LogP contribution in [0.3, 0.4) is 0 Å². The molecule has 0 spiro atoms. The number of nitrogens with one attached hydrogen (secondary N) is 2. The third kappa shape index (κ3) is 6.76. The van der Waals surface area contributed by atoms with Crippen molar-refractivity contribution in [1.82, 2.24) is 10.2 Å². The predicted molar refractivity (Wildman–Crippen MR) is 114 cm³/mol. The zero-order valence-electron chi connectivity index (χ0n) is 16.6. The summed E-state index contributed by atoms with van der Waals surface area (Å²) < 4.78 is 4.85. The molecule has 0 bridgehead atoms. The first kappa shape index (κ1) is 20.6. The molecule has 29 heavy (non-hydrogen) atoms. The van der Waals surface area contributed by atoms with Gasteiger partial charge in [0.15, 0.2) is 0 Å². The van der Waals surface area contributed by atoms with Crippen LogP contribution in [0, 0.1) is 0 Å². The molecule has 0 aliphatic carbocycles. The molecule has 1 saturated heterocycles. The Kier molecular flexibility index (Phi) is 7.41. The monoisotopic (exact) mass is 393 g/mol. The second-order valence-electron chi connectivity index (χ2n) is 7.01. The van der Waals surface area contributed by atoms with Gasteiger partial charge in [0.05, 0.1) is 6.61 Å². The van der Waals surface area contributed by atoms with Crippen LogP contribution in [0.1, 0.15) is 24.5 Å². The number of amides is 2. The van der Waals surface area contributed by atoms with Gasteiger partial charge in [-0.15, -0.1) is 0 Å². The van der Waals surface area contributed by atoms with Crippen LogP contribution in [0.25, 0.3) is 6.08 Å². The summed E-state index contributed by atoms with van der Waals surface area (Å²) in [7, 11) is 0. The van der Waals surface area contributed by atoms with Crippen LogP contribution < -0.4 is 10.6 Å². The quantitative estimate of drug-likeness (QED) is 0.556. The number of carbonyl (C=O) groups is 2. The lowest BCUT2D eigenvalue weighted by Crippen LogP contribution is -2.39. The summed E-state index contributed by atoms with van der Waals surface area (Å²) in [5.74, 6) is -0.369. The van der Waals surface area contributed by atoms with Gasteiger partial charge in [0.1, 0.15) is 0 Å². The molecule has 0 radical (unpaired) electrons. The van der Waals surface area contributed by atoms with Crippen LogP contribution >= 0.6 is 0 Å². The maximum Gasteiger partial charge on any atom is 0.330 e. The minimum absolute atomic E-state index is 0.144. The summed E-state index contributed by atoms with van der Waals surface area (Å²) in [6.45, 7) is 4.85. The maximum absolute atomic E-state index is 12.3. The number of nitrogens with zero attached hydrogens (tertiary/aromatic N) is 1. The summed E-state index contributed by atoms with van der Waals surface area (Å²) in [4.78, 5) is 26.0. The van der Waals surface area contributed by atoms with Crippen molar-refractivity contribution >= 4 is 23.8 Å². The zero-order chi connectivity index (χ0) is 20.5. The minimum Gasteiger partial charge on any atom is -0.463 e. The molecule has 1 aliphatic rings. The van der Waals surface area contributed by atoms with Gasteiger partial charge in [-0.1, -0.05) is 42.5 Å². The largest absolute Gasteiger partial charge is 0.463 e. The fourth-order valence-electron chi connectivity index (χ4n) is 3.32. The predicted octanol–water partition coefficient (Wildman–Crippen LogP) is 3.66. The highest BCUT2D eigenvalue weighted by Gasteiger charge is 2.23. The Bertz CT molecular complexity index is 834. The Morgan fingerprint density at radius 1 is 1.14 bits per heavy atom. The lowest BCUT2D eigenvalue weighted by molar-refractivity contribution is -0.137. The molecule has 6 heteroatoms. The highest BCUT2D eigenvalue weighted by molar-refractivity contribution is 5.90. The molecular weight excluding hydrogens is 366 g/mol. The van der Waals surface area contributed by atoms with Crippen molar-refractivity contribution in [1.29, 1.82) is 0 Å². The van der Waals surface area contributed by atoms with Crippen molar-refractivity contribution in [2.75, 3.05) is 25.0 Å². The number of esters is 1. The van der Waals surface area contributed by atoms with Gasteiger partial charge >= 0.3 is 12.0 Å². The minimum atomic E-state index is -0.369. The summed E-state index contributed by atoms with van der Waals surface area (Å²) in [6.07, 6.45) is 4.01. The molecule has 1 aliphatic heterocycles. The molecule has 2 aromatic rings. The van der Waals surface area contributed by atoms with Crippen molar-refractivity contribution in [3.63, 3.8) is 0 Å². The lowest BCUT2D eigenvalue weighted by atomic mass is 10.2. The van der Waals surface area contributed by atoms with Gasteiger partial charge in [-0.2, -0.15) is 0 Å². The van der Waals surface area contributed by atoms with E-state index in [2.05, 4.69) is 27.7 Å². The molecule has 0 aromatic heterocycles. The Balaban J connectivity index is 1.43. The van der Waals surface area contributed by atoms with E-state index >= 15 is 0 Å². The number of ether oxygens (including phenoxy) is 1. The Hall–Kier alpha value is -3.12. The second kappa shape index (κ2) is 10.4. The number of benzene rings is 2. The molecule has 3 rings (SSSR count). The molecule has 2 N–H and O–H groups in total. The number of carbonyl (C=O) groups excluding carboxylic acids is 2. The first-order chi connectivity index (χ1) is 14.1. The van der Waals surface area contributed by atoms with Crippen LogP contribution in [0.4, 0.5) is 10.5 Å². The average Bonchev–Trinajstić information content (AvgIpc) is 3.15. The van der Waals surface area contributed by atoms with Crippen molar-refractivity contribution in [3.05, 3.63) is 71.8 Å². The van der Waals surface area contributed by atoms with Gasteiger partial charge in [-0.25, -0.2) is 9.59 Å². The van der Waals surface area contributed by atoms with Gasteiger partial charge in [-0.3, -0.25) is 4.90 Å². The highest BCUT2D eigenvalue weighted by atomic mass is 16.5. The first-order valence-corrected chi connectivity index (χ1v) is 9.91. The van der Waals surface area contributed by atoms with E-state index in [9.17, 15) is 9.59 Å². The topological polar surface area (TPSA) is 70.7 Å². The van der Waals surface area contributed by atoms with Crippen molar-refractivity contribution < 1.29 is 14.3 Å². The Labute approximate surface area is 171 Å². The smallest absolute Gasteiger partial charge is 0.330 e. The first-order valence-electron chi connectivity index (χ1n) is 9.91. The van der Waals surface area contributed by atoms with Crippen LogP contribution in [0.15, 0.2) is 60.7 Å². The summed E-state index contributed by atoms with van der Waals surface area (Å²) in [5, 5.41) is 5.91. The third-order valence-electron chi connectivity index (χ3n) is 4.72. The van der Waals surface area contributed by atoms with E-state index in [0.717, 1.165) is 31.6 Å². The average molecular weight is 393 g/mol. The van der Waals surface area contributed by atoms with E-state index in [4.69, 9.17) is 4.74 Å². The van der Waals surface area contributed by atoms with Gasteiger partial charge in [0.25, 0.3) is 0 Å². The van der Waals surface area contributed by atoms with Gasteiger partial charge < -0.3 is 15.4 Å². The number of hydrogen-bond acceptors (Lipinski definition) is 4. The molecule has 2 aromatic carbocycles. The van der Waals surface area contributed by atoms with Crippen molar-refractivity contribution in [2.45, 2.75) is 25.9 Å². The Morgan fingerprint density at radius 2 is 1.90 bits per heavy atom. The lowest BCUT2D eigenvalue weighted by Gasteiger charge is -2.17. The third-order valence-corrected chi connectivity index (χ3v) is 4.72. The number of urea groups is 1. The van der Waals surface area contributed by atoms with E-state index in [0.29, 0.717) is 12.3 Å². The summed E-state index contributed by atoms with van der Waals surface area (Å²) in [6, 6.07) is 17.6. The molecule has 1 heterocycles. The molecule has 6 nitrogen and oxygen atoms in total. The number of rotatable bonds is 7. The molecular formula is C23H27N3O3. The van der Waals surface area contributed by atoms with E-state index in [-0.39, 0.29) is 18.0 Å². The van der Waals surface area contributed by atoms with Gasteiger partial charge in [-0.05, 0) is 42.7 Å². The van der Waals surface area contributed by atoms with Crippen molar-refractivity contribution in [2.24, 2.45) is 0 Å². The number of hydrogen-bond donors (Lipinski definition) is 2. The number of likely N-dealkylation sites (tertiary alicyclic amines) is 1. The number of anilines is 1. The molecule has 0 saturated carbocycles.